The van der Waals surface area contributed by atoms with Crippen molar-refractivity contribution in [2.45, 2.75) is 45.6 Å². The normalized spacial score (nSPS) is 16.3. The van der Waals surface area contributed by atoms with Crippen LogP contribution in [-0.2, 0) is 0 Å². The largest absolute Gasteiger partial charge is 0.314 e. The molecule has 1 N–H and O–H groups in total. The Balaban J connectivity index is 0.00000242. The van der Waals surface area contributed by atoms with Gasteiger partial charge < -0.3 is 5.32 Å². The predicted molar refractivity (Wildman–Crippen MR) is 96.9 cm³/mol. The molecule has 1 heterocycles. The zero-order valence-corrected chi connectivity index (χ0v) is 15.5. The Morgan fingerprint density at radius 2 is 1.74 bits per heavy atom. The van der Waals surface area contributed by atoms with Crippen molar-refractivity contribution in [3.8, 4) is 0 Å². The van der Waals surface area contributed by atoms with E-state index in [-0.39, 0.29) is 30.9 Å². The molecule has 1 atom stereocenters. The molecule has 0 bridgehead atoms. The topological polar surface area (TPSA) is 15.3 Å². The Morgan fingerprint density at radius 3 is 2.35 bits per heavy atom. The maximum atomic E-state index is 14.4. The first-order valence-corrected chi connectivity index (χ1v) is 8.04. The molecule has 0 unspecified atom stereocenters. The van der Waals surface area contributed by atoms with Crippen LogP contribution in [0.2, 0.25) is 0 Å². The Morgan fingerprint density at radius 1 is 1.09 bits per heavy atom. The fourth-order valence-electron chi connectivity index (χ4n) is 3.03. The molecule has 1 fully saturated rings. The van der Waals surface area contributed by atoms with Crippen LogP contribution in [0.25, 0.3) is 0 Å². The number of hydrogen-bond donors (Lipinski definition) is 1. The smallest absolute Gasteiger partial charge is 0.163 e. The van der Waals surface area contributed by atoms with Crippen LogP contribution in [0.15, 0.2) is 12.1 Å². The summed E-state index contributed by atoms with van der Waals surface area (Å²) in [4.78, 5) is 2.29. The summed E-state index contributed by atoms with van der Waals surface area (Å²) < 4.78 is 28.3. The van der Waals surface area contributed by atoms with E-state index in [1.54, 1.807) is 19.1 Å². The van der Waals surface area contributed by atoms with Crippen molar-refractivity contribution in [1.82, 2.24) is 10.2 Å². The molecule has 1 saturated heterocycles. The fraction of sp³-hybridized carbons (Fsp3) is 0.647. The first-order chi connectivity index (χ1) is 10.1. The van der Waals surface area contributed by atoms with Crippen LogP contribution in [0.5, 0.6) is 0 Å². The van der Waals surface area contributed by atoms with Gasteiger partial charge in [-0.2, -0.15) is 0 Å². The second kappa shape index (κ2) is 11.2. The van der Waals surface area contributed by atoms with E-state index in [9.17, 15) is 8.78 Å². The SMILES string of the molecule is CCCCC[C@H](c1ccc(C)c(F)c1F)N1CCNCC1.Cl.Cl. The second-order valence-electron chi connectivity index (χ2n) is 5.90. The summed E-state index contributed by atoms with van der Waals surface area (Å²) in [7, 11) is 0. The van der Waals surface area contributed by atoms with Crippen molar-refractivity contribution in [1.29, 1.82) is 0 Å². The molecule has 1 aliphatic rings. The van der Waals surface area contributed by atoms with E-state index in [2.05, 4.69) is 17.1 Å². The zero-order chi connectivity index (χ0) is 15.2. The van der Waals surface area contributed by atoms with Crippen LogP contribution in [0.4, 0.5) is 8.78 Å². The van der Waals surface area contributed by atoms with Gasteiger partial charge in [0.05, 0.1) is 0 Å². The monoisotopic (exact) mass is 368 g/mol. The van der Waals surface area contributed by atoms with E-state index >= 15 is 0 Å². The van der Waals surface area contributed by atoms with Gasteiger partial charge >= 0.3 is 0 Å². The number of hydrogen-bond acceptors (Lipinski definition) is 2. The van der Waals surface area contributed by atoms with Gasteiger partial charge in [-0.1, -0.05) is 38.3 Å². The minimum Gasteiger partial charge on any atom is -0.314 e. The molecular weight excluding hydrogens is 341 g/mol. The lowest BCUT2D eigenvalue weighted by atomic mass is 9.96. The molecule has 0 aliphatic carbocycles. The lowest BCUT2D eigenvalue weighted by molar-refractivity contribution is 0.159. The second-order valence-corrected chi connectivity index (χ2v) is 5.90. The standard InChI is InChI=1S/C17H26F2N2.2ClH/c1-3-4-5-6-15(21-11-9-20-10-12-21)14-8-7-13(2)16(18)17(14)19;;/h7-8,15,20H,3-6,9-12H2,1-2H3;2*1H/t15-;;/m1../s1. The van der Waals surface area contributed by atoms with Gasteiger partial charge in [0.15, 0.2) is 11.6 Å². The third kappa shape index (κ3) is 5.86. The molecule has 2 rings (SSSR count). The van der Waals surface area contributed by atoms with E-state index in [0.717, 1.165) is 51.9 Å². The zero-order valence-electron chi connectivity index (χ0n) is 13.9. The van der Waals surface area contributed by atoms with Gasteiger partial charge in [-0.3, -0.25) is 4.90 Å². The van der Waals surface area contributed by atoms with E-state index in [1.165, 1.54) is 0 Å². The molecule has 0 amide bonds. The number of halogens is 4. The number of unbranched alkanes of at least 4 members (excludes halogenated alkanes) is 2. The van der Waals surface area contributed by atoms with Crippen LogP contribution < -0.4 is 5.32 Å². The highest BCUT2D eigenvalue weighted by Gasteiger charge is 2.26. The van der Waals surface area contributed by atoms with Gasteiger partial charge in [-0.25, -0.2) is 8.78 Å². The number of aryl methyl sites for hydroxylation is 1. The Labute approximate surface area is 150 Å². The lowest BCUT2D eigenvalue weighted by Gasteiger charge is -2.35. The van der Waals surface area contributed by atoms with Crippen LogP contribution in [0, 0.1) is 18.6 Å². The lowest BCUT2D eigenvalue weighted by Crippen LogP contribution is -2.45. The molecule has 0 spiro atoms. The predicted octanol–water partition coefficient (Wildman–Crippen LogP) is 4.64. The average molecular weight is 369 g/mol. The molecule has 1 aromatic carbocycles. The van der Waals surface area contributed by atoms with E-state index < -0.39 is 11.6 Å². The van der Waals surface area contributed by atoms with E-state index in [4.69, 9.17) is 0 Å². The van der Waals surface area contributed by atoms with Crippen molar-refractivity contribution in [3.05, 3.63) is 34.9 Å². The highest BCUT2D eigenvalue weighted by atomic mass is 35.5. The first-order valence-electron chi connectivity index (χ1n) is 8.04. The van der Waals surface area contributed by atoms with Gasteiger partial charge in [0.2, 0.25) is 0 Å². The summed E-state index contributed by atoms with van der Waals surface area (Å²) in [6.07, 6.45) is 4.23. The van der Waals surface area contributed by atoms with Gasteiger partial charge in [0, 0.05) is 37.8 Å². The number of nitrogens with zero attached hydrogens (tertiary/aromatic N) is 1. The third-order valence-corrected chi connectivity index (χ3v) is 4.34. The maximum Gasteiger partial charge on any atom is 0.163 e. The van der Waals surface area contributed by atoms with Gasteiger partial charge in [0.1, 0.15) is 0 Å². The highest BCUT2D eigenvalue weighted by Crippen LogP contribution is 2.30. The molecule has 1 aliphatic heterocycles. The van der Waals surface area contributed by atoms with Gasteiger partial charge in [-0.05, 0) is 18.9 Å². The molecular formula is C17H28Cl2F2N2. The van der Waals surface area contributed by atoms with Crippen LogP contribution >= 0.6 is 24.8 Å². The van der Waals surface area contributed by atoms with Crippen molar-refractivity contribution in [3.63, 3.8) is 0 Å². The van der Waals surface area contributed by atoms with E-state index in [1.807, 2.05) is 0 Å². The Kier molecular flexibility index (Phi) is 11.0. The number of piperazine rings is 1. The summed E-state index contributed by atoms with van der Waals surface area (Å²) in [5, 5.41) is 3.31. The quantitative estimate of drug-likeness (QED) is 0.735. The molecule has 0 radical (unpaired) electrons. The van der Waals surface area contributed by atoms with Crippen molar-refractivity contribution >= 4 is 24.8 Å². The molecule has 0 aromatic heterocycles. The first kappa shape index (κ1) is 22.6. The highest BCUT2D eigenvalue weighted by molar-refractivity contribution is 5.85. The molecule has 23 heavy (non-hydrogen) atoms. The van der Waals surface area contributed by atoms with Crippen LogP contribution in [-0.4, -0.2) is 31.1 Å². The summed E-state index contributed by atoms with van der Waals surface area (Å²) in [6, 6.07) is 3.46. The average Bonchev–Trinajstić information content (AvgIpc) is 2.51. The number of rotatable bonds is 6. The minimum atomic E-state index is -0.692. The summed E-state index contributed by atoms with van der Waals surface area (Å²) >= 11 is 0. The van der Waals surface area contributed by atoms with Gasteiger partial charge in [-0.15, -0.1) is 24.8 Å². The maximum absolute atomic E-state index is 14.4. The Bertz CT molecular complexity index is 466. The molecule has 0 saturated carbocycles. The molecule has 2 nitrogen and oxygen atoms in total. The fourth-order valence-corrected chi connectivity index (χ4v) is 3.03. The van der Waals surface area contributed by atoms with Gasteiger partial charge in [0.25, 0.3) is 0 Å². The van der Waals surface area contributed by atoms with Crippen molar-refractivity contribution in [2.75, 3.05) is 26.2 Å². The Hall–Kier alpha value is -0.420. The van der Waals surface area contributed by atoms with E-state index in [0.29, 0.717) is 11.1 Å². The van der Waals surface area contributed by atoms with Crippen molar-refractivity contribution in [2.24, 2.45) is 0 Å². The minimum absolute atomic E-state index is 0. The van der Waals surface area contributed by atoms with Crippen LogP contribution in [0.3, 0.4) is 0 Å². The summed E-state index contributed by atoms with van der Waals surface area (Å²) in [5.74, 6) is -1.35. The third-order valence-electron chi connectivity index (χ3n) is 4.34. The molecule has 134 valence electrons. The van der Waals surface area contributed by atoms with Crippen molar-refractivity contribution < 1.29 is 8.78 Å². The molecule has 6 heteroatoms. The van der Waals surface area contributed by atoms with Crippen LogP contribution in [0.1, 0.15) is 49.8 Å². The number of benzene rings is 1. The summed E-state index contributed by atoms with van der Waals surface area (Å²) in [6.45, 7) is 7.39. The molecule has 1 aromatic rings. The number of nitrogens with one attached hydrogen (secondary N) is 1. The summed E-state index contributed by atoms with van der Waals surface area (Å²) in [5.41, 5.74) is 0.903.